The van der Waals surface area contributed by atoms with E-state index in [0.29, 0.717) is 24.0 Å². The highest BCUT2D eigenvalue weighted by Gasteiger charge is 2.59. The molecule has 4 aliphatic rings. The third-order valence-corrected chi connectivity index (χ3v) is 11.7. The number of carbonyl (C=O) groups is 2. The van der Waals surface area contributed by atoms with Crippen LogP contribution >= 0.6 is 0 Å². The average molecular weight is 530 g/mol. The number of fused-ring (bicyclic) bond motifs is 5. The second-order valence-electron chi connectivity index (χ2n) is 14.3. The molecule has 1 N–H and O–H groups in total. The van der Waals surface area contributed by atoms with E-state index in [9.17, 15) is 9.59 Å². The van der Waals surface area contributed by atoms with Crippen molar-refractivity contribution in [2.75, 3.05) is 26.2 Å². The van der Waals surface area contributed by atoms with Gasteiger partial charge in [0, 0.05) is 6.54 Å². The van der Waals surface area contributed by atoms with Gasteiger partial charge in [0.25, 0.3) is 0 Å². The molecule has 38 heavy (non-hydrogen) atoms. The molecule has 3 unspecified atom stereocenters. The lowest BCUT2D eigenvalue weighted by Crippen LogP contribution is -2.51. The first-order valence-electron chi connectivity index (χ1n) is 15.8. The van der Waals surface area contributed by atoms with Gasteiger partial charge in [-0.1, -0.05) is 65.5 Å². The smallest absolute Gasteiger partial charge is 0.317 e. The molecule has 0 radical (unpaired) electrons. The van der Waals surface area contributed by atoms with Gasteiger partial charge in [0.15, 0.2) is 0 Å². The predicted octanol–water partition coefficient (Wildman–Crippen LogP) is 7.00. The molecule has 0 aromatic carbocycles. The van der Waals surface area contributed by atoms with Crippen LogP contribution in [0.2, 0.25) is 0 Å². The summed E-state index contributed by atoms with van der Waals surface area (Å²) in [4.78, 5) is 23.6. The fourth-order valence-corrected chi connectivity index (χ4v) is 9.67. The van der Waals surface area contributed by atoms with Gasteiger partial charge in [-0.2, -0.15) is 0 Å². The number of nitrogens with zero attached hydrogens (tertiary/aromatic N) is 1. The van der Waals surface area contributed by atoms with Crippen molar-refractivity contribution in [3.63, 3.8) is 0 Å². The summed E-state index contributed by atoms with van der Waals surface area (Å²) in [5, 5.41) is 9.07. The highest BCUT2D eigenvalue weighted by atomic mass is 16.5. The van der Waals surface area contributed by atoms with E-state index in [-0.39, 0.29) is 19.2 Å². The number of carbonyl (C=O) groups excluding carboxylic acids is 1. The molecule has 0 heterocycles. The van der Waals surface area contributed by atoms with Crippen molar-refractivity contribution in [1.82, 2.24) is 4.90 Å². The van der Waals surface area contributed by atoms with Crippen molar-refractivity contribution < 1.29 is 19.4 Å². The van der Waals surface area contributed by atoms with Crippen LogP contribution < -0.4 is 0 Å². The van der Waals surface area contributed by atoms with Crippen molar-refractivity contribution in [2.45, 2.75) is 111 Å². The zero-order valence-electron chi connectivity index (χ0n) is 24.9. The van der Waals surface area contributed by atoms with Crippen LogP contribution in [-0.2, 0) is 14.3 Å². The number of aliphatic carboxylic acids is 1. The number of ether oxygens (including phenoxy) is 1. The molecule has 0 bridgehead atoms. The number of carboxylic acid groups (broad SMARTS) is 1. The zero-order valence-corrected chi connectivity index (χ0v) is 24.9. The van der Waals surface area contributed by atoms with Gasteiger partial charge in [-0.05, 0) is 97.7 Å². The van der Waals surface area contributed by atoms with E-state index >= 15 is 0 Å². The lowest BCUT2D eigenvalue weighted by molar-refractivity contribution is -0.138. The van der Waals surface area contributed by atoms with Crippen molar-refractivity contribution in [3.05, 3.63) is 11.6 Å². The van der Waals surface area contributed by atoms with Gasteiger partial charge in [0.2, 0.25) is 0 Å². The fraction of sp³-hybridized carbons (Fsp3) is 0.879. The Bertz CT molecular complexity index is 854. The van der Waals surface area contributed by atoms with Gasteiger partial charge in [-0.3, -0.25) is 9.69 Å². The molecule has 0 spiro atoms. The van der Waals surface area contributed by atoms with E-state index in [1.54, 1.807) is 10.5 Å². The van der Waals surface area contributed by atoms with Crippen molar-refractivity contribution in [1.29, 1.82) is 0 Å². The fourth-order valence-electron chi connectivity index (χ4n) is 9.67. The molecule has 8 atom stereocenters. The lowest BCUT2D eigenvalue weighted by atomic mass is 9.47. The first-order chi connectivity index (χ1) is 18.1. The largest absolute Gasteiger partial charge is 0.480 e. The lowest BCUT2D eigenvalue weighted by Gasteiger charge is -2.58. The normalized spacial score (nSPS) is 37.3. The molecule has 4 aliphatic carbocycles. The Labute approximate surface area is 232 Å². The summed E-state index contributed by atoms with van der Waals surface area (Å²) in [6.07, 6.45) is 18.0. The molecular formula is C33H55NO4. The minimum absolute atomic E-state index is 0.114. The number of aldehydes is 1. The summed E-state index contributed by atoms with van der Waals surface area (Å²) in [6.45, 7) is 13.5. The number of allylic oxidation sites excluding steroid dienone is 1. The van der Waals surface area contributed by atoms with Gasteiger partial charge < -0.3 is 14.6 Å². The Morgan fingerprint density at radius 3 is 2.63 bits per heavy atom. The van der Waals surface area contributed by atoms with E-state index in [0.717, 1.165) is 54.6 Å². The minimum Gasteiger partial charge on any atom is -0.480 e. The second kappa shape index (κ2) is 12.5. The highest BCUT2D eigenvalue weighted by molar-refractivity contribution is 5.69. The van der Waals surface area contributed by atoms with Crippen LogP contribution in [0.3, 0.4) is 0 Å². The summed E-state index contributed by atoms with van der Waals surface area (Å²) >= 11 is 0. The molecule has 0 aromatic rings. The van der Waals surface area contributed by atoms with Crippen LogP contribution in [0.15, 0.2) is 11.6 Å². The Hall–Kier alpha value is -1.20. The maximum atomic E-state index is 11.1. The number of hydrogen-bond donors (Lipinski definition) is 1. The molecule has 216 valence electrons. The topological polar surface area (TPSA) is 66.8 Å². The van der Waals surface area contributed by atoms with E-state index in [1.165, 1.54) is 57.8 Å². The molecule has 5 nitrogen and oxygen atoms in total. The number of rotatable bonds is 13. The number of carboxylic acids is 1. The molecular weight excluding hydrogens is 474 g/mol. The zero-order chi connectivity index (χ0) is 27.5. The van der Waals surface area contributed by atoms with Gasteiger partial charge >= 0.3 is 5.97 Å². The van der Waals surface area contributed by atoms with Crippen LogP contribution in [0.25, 0.3) is 0 Å². The molecule has 0 aromatic heterocycles. The van der Waals surface area contributed by atoms with Crippen LogP contribution in [0.5, 0.6) is 0 Å². The van der Waals surface area contributed by atoms with Gasteiger partial charge in [-0.25, -0.2) is 0 Å². The maximum Gasteiger partial charge on any atom is 0.317 e. The first kappa shape index (κ1) is 29.8. The third kappa shape index (κ3) is 6.24. The van der Waals surface area contributed by atoms with E-state index in [4.69, 9.17) is 9.84 Å². The highest BCUT2D eigenvalue weighted by Crippen LogP contribution is 2.67. The predicted molar refractivity (Wildman–Crippen MR) is 153 cm³/mol. The summed E-state index contributed by atoms with van der Waals surface area (Å²) in [5.74, 6) is 4.23. The number of hydrogen-bond acceptors (Lipinski definition) is 4. The average Bonchev–Trinajstić information content (AvgIpc) is 3.21. The summed E-state index contributed by atoms with van der Waals surface area (Å²) < 4.78 is 6.25. The molecule has 3 fully saturated rings. The second-order valence-corrected chi connectivity index (χ2v) is 14.3. The molecule has 0 saturated heterocycles. The maximum absolute atomic E-state index is 11.1. The Balaban J connectivity index is 1.35. The summed E-state index contributed by atoms with van der Waals surface area (Å²) in [6, 6.07) is 0. The monoisotopic (exact) mass is 529 g/mol. The van der Waals surface area contributed by atoms with Crippen molar-refractivity contribution in [2.24, 2.45) is 46.3 Å². The quantitative estimate of drug-likeness (QED) is 0.206. The van der Waals surface area contributed by atoms with Gasteiger partial charge in [0.1, 0.15) is 6.29 Å². The van der Waals surface area contributed by atoms with Gasteiger partial charge in [0.05, 0.1) is 25.8 Å². The van der Waals surface area contributed by atoms with Crippen LogP contribution in [0, 0.1) is 46.3 Å². The van der Waals surface area contributed by atoms with E-state index in [1.807, 2.05) is 0 Å². The van der Waals surface area contributed by atoms with Crippen LogP contribution in [0.1, 0.15) is 105 Å². The first-order valence-corrected chi connectivity index (χ1v) is 15.8. The Morgan fingerprint density at radius 1 is 1.13 bits per heavy atom. The summed E-state index contributed by atoms with van der Waals surface area (Å²) in [5.41, 5.74) is 2.48. The summed E-state index contributed by atoms with van der Waals surface area (Å²) in [7, 11) is 0. The molecule has 0 amide bonds. The van der Waals surface area contributed by atoms with Crippen LogP contribution in [0.4, 0.5) is 0 Å². The molecule has 5 heteroatoms. The molecule has 3 saturated carbocycles. The van der Waals surface area contributed by atoms with Crippen molar-refractivity contribution in [3.8, 4) is 0 Å². The molecule has 0 aliphatic heterocycles. The molecule has 4 rings (SSSR count). The minimum atomic E-state index is -0.903. The Kier molecular flexibility index (Phi) is 9.83. The standard InChI is InChI=1S/C33H55NO4/c1-23(2)7-6-8-24(3)28-11-12-29-27-10-9-25-21-26(38-20-18-34(17-19-35)22-31(36)37)13-15-32(25,4)30(27)14-16-33(28,29)5/h9,19,23-24,26-30H,6-8,10-18,20-22H2,1-5H3,(H,36,37)/t24-,26+,27?,28-,29?,30?,32+,33-/m1/s1. The van der Waals surface area contributed by atoms with E-state index in [2.05, 4.69) is 40.7 Å². The van der Waals surface area contributed by atoms with Gasteiger partial charge in [-0.15, -0.1) is 0 Å². The SMILES string of the molecule is CC(C)CCC[C@@H](C)[C@H]1CCC2C3CC=C4C[C@@H](OCCN(CC=O)CC(=O)O)CC[C@]4(C)C3CC[C@@]21C. The van der Waals surface area contributed by atoms with E-state index < -0.39 is 5.97 Å². The van der Waals surface area contributed by atoms with Crippen molar-refractivity contribution >= 4 is 12.3 Å². The third-order valence-electron chi connectivity index (χ3n) is 11.7. The van der Waals surface area contributed by atoms with Crippen LogP contribution in [-0.4, -0.2) is 54.6 Å². The Morgan fingerprint density at radius 2 is 1.92 bits per heavy atom.